The van der Waals surface area contributed by atoms with Gasteiger partial charge in [0.2, 0.25) is 0 Å². The van der Waals surface area contributed by atoms with Gasteiger partial charge in [-0.25, -0.2) is 9.97 Å². The molecule has 0 saturated heterocycles. The summed E-state index contributed by atoms with van der Waals surface area (Å²) in [6.07, 6.45) is 13.3. The number of aryl methyl sites for hydroxylation is 1. The van der Waals surface area contributed by atoms with E-state index in [2.05, 4.69) is 30.7 Å². The van der Waals surface area contributed by atoms with Gasteiger partial charge in [0.1, 0.15) is 11.4 Å². The van der Waals surface area contributed by atoms with Gasteiger partial charge in [0.15, 0.2) is 5.75 Å². The molecule has 0 saturated carbocycles. The fourth-order valence-corrected chi connectivity index (χ4v) is 2.42. The van der Waals surface area contributed by atoms with Gasteiger partial charge in [-0.05, 0) is 39.5 Å². The molecule has 0 bridgehead atoms. The Labute approximate surface area is 124 Å². The Morgan fingerprint density at radius 2 is 1.55 bits per heavy atom. The molecule has 0 radical (unpaired) electrons. The number of hydrogen-bond donors (Lipinski definition) is 0. The summed E-state index contributed by atoms with van der Waals surface area (Å²) in [5, 5.41) is 0. The Kier molecular flexibility index (Phi) is 7.56. The van der Waals surface area contributed by atoms with Crippen LogP contribution < -0.4 is 4.74 Å². The van der Waals surface area contributed by atoms with Gasteiger partial charge in [-0.1, -0.05) is 39.5 Å². The number of nitrogens with zero attached hydrogens (tertiary/aromatic N) is 2. The quantitative estimate of drug-likeness (QED) is 0.560. The molecule has 1 aromatic heterocycles. The molecular formula is C17H30N2O. The molecule has 3 heteroatoms. The fraction of sp³-hybridized carbons (Fsp3) is 0.765. The van der Waals surface area contributed by atoms with Crippen LogP contribution in [-0.2, 0) is 0 Å². The first-order chi connectivity index (χ1) is 9.59. The first kappa shape index (κ1) is 16.9. The Balaban J connectivity index is 2.58. The summed E-state index contributed by atoms with van der Waals surface area (Å²) in [5.41, 5.74) is -0.0810. The predicted octanol–water partition coefficient (Wildman–Crippen LogP) is 5.08. The van der Waals surface area contributed by atoms with E-state index in [-0.39, 0.29) is 5.60 Å². The zero-order valence-corrected chi connectivity index (χ0v) is 13.6. The largest absolute Gasteiger partial charge is 0.484 e. The van der Waals surface area contributed by atoms with Crippen molar-refractivity contribution >= 4 is 0 Å². The summed E-state index contributed by atoms with van der Waals surface area (Å²) in [6, 6.07) is 0. The van der Waals surface area contributed by atoms with Crippen LogP contribution >= 0.6 is 0 Å². The molecular weight excluding hydrogens is 248 g/mol. The molecule has 1 atom stereocenters. The molecule has 0 aromatic carbocycles. The van der Waals surface area contributed by atoms with Crippen LogP contribution in [0.5, 0.6) is 5.75 Å². The van der Waals surface area contributed by atoms with Crippen LogP contribution in [0.4, 0.5) is 0 Å². The van der Waals surface area contributed by atoms with Gasteiger partial charge in [0.25, 0.3) is 0 Å². The van der Waals surface area contributed by atoms with Gasteiger partial charge in [-0.15, -0.1) is 0 Å². The summed E-state index contributed by atoms with van der Waals surface area (Å²) < 4.78 is 6.21. The van der Waals surface area contributed by atoms with E-state index in [1.807, 2.05) is 6.92 Å². The van der Waals surface area contributed by atoms with E-state index >= 15 is 0 Å². The number of unbranched alkanes of at least 4 members (excludes halogenated alkanes) is 4. The van der Waals surface area contributed by atoms with Gasteiger partial charge in [-0.2, -0.15) is 0 Å². The molecule has 0 fully saturated rings. The number of aromatic nitrogens is 2. The summed E-state index contributed by atoms with van der Waals surface area (Å²) in [5.74, 6) is 1.58. The molecule has 114 valence electrons. The molecule has 0 N–H and O–H groups in total. The van der Waals surface area contributed by atoms with Gasteiger partial charge >= 0.3 is 0 Å². The summed E-state index contributed by atoms with van der Waals surface area (Å²) in [7, 11) is 0. The van der Waals surface area contributed by atoms with Crippen molar-refractivity contribution in [3.05, 3.63) is 18.2 Å². The monoisotopic (exact) mass is 278 g/mol. The number of hydrogen-bond acceptors (Lipinski definition) is 3. The average Bonchev–Trinajstić information content (AvgIpc) is 2.44. The maximum absolute atomic E-state index is 6.21. The zero-order valence-electron chi connectivity index (χ0n) is 13.6. The van der Waals surface area contributed by atoms with E-state index in [1.54, 1.807) is 12.4 Å². The number of ether oxygens (including phenoxy) is 1. The van der Waals surface area contributed by atoms with Gasteiger partial charge in [0, 0.05) is 0 Å². The molecule has 0 amide bonds. The molecule has 20 heavy (non-hydrogen) atoms. The SMILES string of the molecule is CCCCCCC(C)(CCCC)Oc1cnc(C)nc1. The second kappa shape index (κ2) is 8.93. The Bertz CT molecular complexity index is 364. The highest BCUT2D eigenvalue weighted by molar-refractivity contribution is 5.13. The molecule has 1 rings (SSSR count). The van der Waals surface area contributed by atoms with Crippen molar-refractivity contribution in [3.63, 3.8) is 0 Å². The van der Waals surface area contributed by atoms with Crippen molar-refractivity contribution in [1.29, 1.82) is 0 Å². The highest BCUT2D eigenvalue weighted by Gasteiger charge is 2.25. The minimum atomic E-state index is -0.0810. The Morgan fingerprint density at radius 3 is 2.15 bits per heavy atom. The van der Waals surface area contributed by atoms with Crippen LogP contribution in [0, 0.1) is 6.92 Å². The highest BCUT2D eigenvalue weighted by Crippen LogP contribution is 2.28. The van der Waals surface area contributed by atoms with Crippen molar-refractivity contribution in [3.8, 4) is 5.75 Å². The third-order valence-electron chi connectivity index (χ3n) is 3.74. The minimum absolute atomic E-state index is 0.0810. The van der Waals surface area contributed by atoms with Crippen LogP contribution in [0.2, 0.25) is 0 Å². The van der Waals surface area contributed by atoms with E-state index in [0.29, 0.717) is 0 Å². The Hall–Kier alpha value is -1.12. The highest BCUT2D eigenvalue weighted by atomic mass is 16.5. The average molecular weight is 278 g/mol. The summed E-state index contributed by atoms with van der Waals surface area (Å²) >= 11 is 0. The first-order valence-electron chi connectivity index (χ1n) is 8.07. The van der Waals surface area contributed by atoms with Crippen molar-refractivity contribution in [2.24, 2.45) is 0 Å². The fourth-order valence-electron chi connectivity index (χ4n) is 2.42. The predicted molar refractivity (Wildman–Crippen MR) is 84.1 cm³/mol. The zero-order chi connectivity index (χ0) is 14.8. The van der Waals surface area contributed by atoms with Crippen LogP contribution in [0.1, 0.15) is 78.0 Å². The molecule has 1 aromatic rings. The molecule has 0 aliphatic carbocycles. The van der Waals surface area contributed by atoms with Crippen molar-refractivity contribution < 1.29 is 4.74 Å². The maximum atomic E-state index is 6.21. The van der Waals surface area contributed by atoms with Crippen LogP contribution in [0.3, 0.4) is 0 Å². The molecule has 3 nitrogen and oxygen atoms in total. The lowest BCUT2D eigenvalue weighted by atomic mass is 9.92. The second-order valence-corrected chi connectivity index (χ2v) is 5.93. The van der Waals surface area contributed by atoms with E-state index in [1.165, 1.54) is 38.5 Å². The van der Waals surface area contributed by atoms with Crippen molar-refractivity contribution in [2.45, 2.75) is 84.7 Å². The normalized spacial score (nSPS) is 14.0. The van der Waals surface area contributed by atoms with Gasteiger partial charge < -0.3 is 4.74 Å². The van der Waals surface area contributed by atoms with Crippen LogP contribution in [0.25, 0.3) is 0 Å². The summed E-state index contributed by atoms with van der Waals surface area (Å²) in [6.45, 7) is 8.60. The van der Waals surface area contributed by atoms with E-state index in [0.717, 1.165) is 24.4 Å². The topological polar surface area (TPSA) is 35.0 Å². The third-order valence-corrected chi connectivity index (χ3v) is 3.74. The lowest BCUT2D eigenvalue weighted by Crippen LogP contribution is -2.32. The Morgan fingerprint density at radius 1 is 0.950 bits per heavy atom. The second-order valence-electron chi connectivity index (χ2n) is 5.93. The van der Waals surface area contributed by atoms with Gasteiger partial charge in [-0.3, -0.25) is 0 Å². The first-order valence-corrected chi connectivity index (χ1v) is 8.07. The van der Waals surface area contributed by atoms with E-state index < -0.39 is 0 Å². The van der Waals surface area contributed by atoms with Crippen LogP contribution in [0.15, 0.2) is 12.4 Å². The lowest BCUT2D eigenvalue weighted by Gasteiger charge is -2.31. The van der Waals surface area contributed by atoms with Gasteiger partial charge in [0.05, 0.1) is 12.4 Å². The van der Waals surface area contributed by atoms with E-state index in [9.17, 15) is 0 Å². The standard InChI is InChI=1S/C17H30N2O/c1-5-7-9-10-12-17(4,11-8-6-2)20-16-13-18-15(3)19-14-16/h13-14H,5-12H2,1-4H3. The molecule has 0 aliphatic rings. The molecule has 0 spiro atoms. The lowest BCUT2D eigenvalue weighted by molar-refractivity contribution is 0.0634. The molecule has 1 heterocycles. The smallest absolute Gasteiger partial charge is 0.156 e. The third kappa shape index (κ3) is 6.36. The minimum Gasteiger partial charge on any atom is -0.484 e. The van der Waals surface area contributed by atoms with Crippen LogP contribution in [-0.4, -0.2) is 15.6 Å². The van der Waals surface area contributed by atoms with E-state index in [4.69, 9.17) is 4.74 Å². The molecule has 1 unspecified atom stereocenters. The van der Waals surface area contributed by atoms with Crippen molar-refractivity contribution in [1.82, 2.24) is 9.97 Å². The number of rotatable bonds is 10. The maximum Gasteiger partial charge on any atom is 0.156 e. The summed E-state index contributed by atoms with van der Waals surface area (Å²) in [4.78, 5) is 8.43. The van der Waals surface area contributed by atoms with Crippen molar-refractivity contribution in [2.75, 3.05) is 0 Å². The molecule has 0 aliphatic heterocycles.